The highest BCUT2D eigenvalue weighted by molar-refractivity contribution is 6.35. The van der Waals surface area contributed by atoms with Gasteiger partial charge in [-0.1, -0.05) is 44.2 Å². The summed E-state index contributed by atoms with van der Waals surface area (Å²) >= 11 is 0. The quantitative estimate of drug-likeness (QED) is 0.470. The van der Waals surface area contributed by atoms with E-state index in [1.807, 2.05) is 52.0 Å². The van der Waals surface area contributed by atoms with E-state index in [9.17, 15) is 19.2 Å². The predicted octanol–water partition coefficient (Wildman–Crippen LogP) is 5.24. The molecule has 0 unspecified atom stereocenters. The van der Waals surface area contributed by atoms with Crippen molar-refractivity contribution in [2.75, 3.05) is 32.1 Å². The van der Waals surface area contributed by atoms with Crippen LogP contribution in [-0.2, 0) is 4.79 Å². The van der Waals surface area contributed by atoms with Gasteiger partial charge in [-0.05, 0) is 49.6 Å². The van der Waals surface area contributed by atoms with Gasteiger partial charge in [-0.3, -0.25) is 19.2 Å². The van der Waals surface area contributed by atoms with Gasteiger partial charge in [0.15, 0.2) is 0 Å². The van der Waals surface area contributed by atoms with Crippen LogP contribution in [0.4, 0.5) is 5.69 Å². The molecule has 4 rings (SSSR count). The van der Waals surface area contributed by atoms with Crippen molar-refractivity contribution in [1.82, 2.24) is 9.80 Å². The Hall–Kier alpha value is -4.00. The van der Waals surface area contributed by atoms with Crippen molar-refractivity contribution in [3.63, 3.8) is 0 Å². The Bertz CT molecular complexity index is 1220. The molecule has 1 aliphatic rings. The highest BCUT2D eigenvalue weighted by Gasteiger charge is 2.34. The molecule has 0 saturated heterocycles. The van der Waals surface area contributed by atoms with Crippen LogP contribution in [0.2, 0.25) is 0 Å². The van der Waals surface area contributed by atoms with Crippen LogP contribution >= 0.6 is 0 Å². The minimum absolute atomic E-state index is 0.127. The summed E-state index contributed by atoms with van der Waals surface area (Å²) in [7, 11) is 3.49. The van der Waals surface area contributed by atoms with Crippen molar-refractivity contribution in [1.29, 1.82) is 0 Å². The molecular weight excluding hydrogens is 454 g/mol. The van der Waals surface area contributed by atoms with Gasteiger partial charge < -0.3 is 9.80 Å². The van der Waals surface area contributed by atoms with Crippen LogP contribution in [0.25, 0.3) is 10.8 Å². The lowest BCUT2D eigenvalue weighted by molar-refractivity contribution is -0.127. The fraction of sp³-hybridized carbons (Fsp3) is 0.310. The van der Waals surface area contributed by atoms with Crippen LogP contribution in [0, 0.1) is 0 Å². The lowest BCUT2D eigenvalue weighted by atomic mass is 9.93. The molecular formula is C29H35N3O4. The highest BCUT2D eigenvalue weighted by atomic mass is 16.2. The molecule has 0 atom stereocenters. The molecule has 1 aliphatic heterocycles. The fourth-order valence-corrected chi connectivity index (χ4v) is 3.63. The van der Waals surface area contributed by atoms with E-state index >= 15 is 0 Å². The maximum Gasteiger partial charge on any atom is 0.265 e. The Balaban J connectivity index is 0.000000440. The molecule has 0 spiro atoms. The third-order valence-corrected chi connectivity index (χ3v) is 5.96. The molecule has 3 aromatic carbocycles. The van der Waals surface area contributed by atoms with Crippen LogP contribution in [0.15, 0.2) is 60.7 Å². The molecule has 0 fully saturated rings. The lowest BCUT2D eigenvalue weighted by Gasteiger charge is -2.27. The van der Waals surface area contributed by atoms with Crippen molar-refractivity contribution in [3.8, 4) is 0 Å². The summed E-state index contributed by atoms with van der Waals surface area (Å²) in [5, 5.41) is 1.55. The first-order chi connectivity index (χ1) is 17.2. The van der Waals surface area contributed by atoms with Gasteiger partial charge in [-0.15, -0.1) is 0 Å². The number of imide groups is 1. The van der Waals surface area contributed by atoms with E-state index in [0.29, 0.717) is 34.3 Å². The van der Waals surface area contributed by atoms with Crippen molar-refractivity contribution in [2.24, 2.45) is 0 Å². The van der Waals surface area contributed by atoms with E-state index in [-0.39, 0.29) is 23.6 Å². The average Bonchev–Trinajstić information content (AvgIpc) is 2.91. The Labute approximate surface area is 213 Å². The maximum atomic E-state index is 13.1. The normalized spacial score (nSPS) is 11.7. The van der Waals surface area contributed by atoms with Gasteiger partial charge in [0.1, 0.15) is 0 Å². The molecule has 190 valence electrons. The molecule has 0 aliphatic carbocycles. The standard InChI is InChI=1S/C22H18N2O3.C5H11NO.C2H6/c1-3-23(2)20(25)15-9-4-10-16(13-15)24-21(26)17-11-5-7-14-8-6-12-18(19(14)17)22(24)27;1-4-6(3)5(2)7;1-2/h4-13H,3H2,1-2H3;4H2,1-3H3;1-2H3. The molecule has 3 aromatic rings. The summed E-state index contributed by atoms with van der Waals surface area (Å²) < 4.78 is 0. The average molecular weight is 490 g/mol. The summed E-state index contributed by atoms with van der Waals surface area (Å²) in [4.78, 5) is 53.3. The van der Waals surface area contributed by atoms with Crippen LogP contribution in [0.1, 0.15) is 65.7 Å². The van der Waals surface area contributed by atoms with E-state index < -0.39 is 0 Å². The first kappa shape index (κ1) is 28.2. The minimum atomic E-state index is -0.377. The largest absolute Gasteiger partial charge is 0.346 e. The van der Waals surface area contributed by atoms with E-state index in [1.54, 1.807) is 67.2 Å². The minimum Gasteiger partial charge on any atom is -0.346 e. The molecule has 7 nitrogen and oxygen atoms in total. The third-order valence-electron chi connectivity index (χ3n) is 5.96. The number of amides is 4. The van der Waals surface area contributed by atoms with Gasteiger partial charge in [0, 0.05) is 56.2 Å². The van der Waals surface area contributed by atoms with Gasteiger partial charge in [0.25, 0.3) is 17.7 Å². The lowest BCUT2D eigenvalue weighted by Crippen LogP contribution is -2.40. The van der Waals surface area contributed by atoms with Crippen LogP contribution in [0.5, 0.6) is 0 Å². The number of benzene rings is 3. The van der Waals surface area contributed by atoms with Crippen molar-refractivity contribution < 1.29 is 19.2 Å². The van der Waals surface area contributed by atoms with Gasteiger partial charge in [-0.25, -0.2) is 4.90 Å². The fourth-order valence-electron chi connectivity index (χ4n) is 3.63. The predicted molar refractivity (Wildman–Crippen MR) is 144 cm³/mol. The smallest absolute Gasteiger partial charge is 0.265 e. The van der Waals surface area contributed by atoms with Crippen molar-refractivity contribution >= 4 is 40.1 Å². The Morgan fingerprint density at radius 2 is 1.28 bits per heavy atom. The third kappa shape index (κ3) is 5.79. The molecule has 1 heterocycles. The molecule has 0 aromatic heterocycles. The first-order valence-corrected chi connectivity index (χ1v) is 12.2. The van der Waals surface area contributed by atoms with Gasteiger partial charge in [0.05, 0.1) is 5.69 Å². The van der Waals surface area contributed by atoms with E-state index in [4.69, 9.17) is 0 Å². The van der Waals surface area contributed by atoms with Gasteiger partial charge in [0.2, 0.25) is 5.91 Å². The summed E-state index contributed by atoms with van der Waals surface area (Å²) in [6, 6.07) is 17.5. The first-order valence-electron chi connectivity index (χ1n) is 12.2. The second-order valence-electron chi connectivity index (χ2n) is 8.06. The Kier molecular flexibility index (Phi) is 9.91. The monoisotopic (exact) mass is 489 g/mol. The SMILES string of the molecule is CC.CCN(C)C(=O)c1cccc(N2C(=O)c3cccc4cccc(c34)C2=O)c1.CCN(C)C(C)=O. The summed E-state index contributed by atoms with van der Waals surface area (Å²) in [5.74, 6) is -0.781. The molecule has 0 N–H and O–H groups in total. The zero-order chi connectivity index (χ0) is 27.0. The second kappa shape index (κ2) is 12.6. The van der Waals surface area contributed by atoms with E-state index in [2.05, 4.69) is 0 Å². The highest BCUT2D eigenvalue weighted by Crippen LogP contribution is 2.33. The Morgan fingerprint density at radius 1 is 0.778 bits per heavy atom. The van der Waals surface area contributed by atoms with Crippen molar-refractivity contribution in [3.05, 3.63) is 77.4 Å². The van der Waals surface area contributed by atoms with Crippen LogP contribution < -0.4 is 4.90 Å². The number of carbonyl (C=O) groups excluding carboxylic acids is 4. The molecule has 36 heavy (non-hydrogen) atoms. The molecule has 0 radical (unpaired) electrons. The number of hydrogen-bond donors (Lipinski definition) is 0. The number of hydrogen-bond acceptors (Lipinski definition) is 4. The van der Waals surface area contributed by atoms with Crippen LogP contribution in [0.3, 0.4) is 0 Å². The molecule has 4 amide bonds. The molecule has 7 heteroatoms. The number of rotatable bonds is 4. The number of carbonyl (C=O) groups is 4. The van der Waals surface area contributed by atoms with E-state index in [0.717, 1.165) is 16.8 Å². The maximum absolute atomic E-state index is 13.1. The van der Waals surface area contributed by atoms with Gasteiger partial charge in [-0.2, -0.15) is 0 Å². The van der Waals surface area contributed by atoms with Crippen LogP contribution in [-0.4, -0.2) is 60.6 Å². The number of anilines is 1. The summed E-state index contributed by atoms with van der Waals surface area (Å²) in [5.41, 5.74) is 1.82. The second-order valence-corrected chi connectivity index (χ2v) is 8.06. The summed E-state index contributed by atoms with van der Waals surface area (Å²) in [6.45, 7) is 10.8. The summed E-state index contributed by atoms with van der Waals surface area (Å²) in [6.07, 6.45) is 0. The molecule has 0 bridgehead atoms. The molecule has 0 saturated carbocycles. The number of nitrogens with zero attached hydrogens (tertiary/aromatic N) is 3. The Morgan fingerprint density at radius 3 is 1.72 bits per heavy atom. The topological polar surface area (TPSA) is 78.0 Å². The zero-order valence-corrected chi connectivity index (χ0v) is 22.2. The van der Waals surface area contributed by atoms with Gasteiger partial charge >= 0.3 is 0 Å². The van der Waals surface area contributed by atoms with E-state index in [1.165, 1.54) is 0 Å². The zero-order valence-electron chi connectivity index (χ0n) is 22.2. The van der Waals surface area contributed by atoms with Crippen molar-refractivity contribution in [2.45, 2.75) is 34.6 Å².